The van der Waals surface area contributed by atoms with Gasteiger partial charge in [-0.1, -0.05) is 0 Å². The van der Waals surface area contributed by atoms with Crippen LogP contribution in [-0.4, -0.2) is 22.1 Å². The standard InChI is InChI=1S/C13H12N2O3/c1-8(16)18-7-9-6-15-12(17)3-2-11-13(15)10(9)4-5-14-11/h2-5,9H,6-7H2,1H3/t9-/m0/s1. The molecule has 5 heteroatoms. The molecule has 0 fully saturated rings. The first-order valence-corrected chi connectivity index (χ1v) is 5.78. The maximum Gasteiger partial charge on any atom is 0.302 e. The van der Waals surface area contributed by atoms with Crippen LogP contribution < -0.4 is 5.56 Å². The van der Waals surface area contributed by atoms with E-state index < -0.39 is 0 Å². The summed E-state index contributed by atoms with van der Waals surface area (Å²) in [6, 6.07) is 5.14. The fourth-order valence-corrected chi connectivity index (χ4v) is 2.44. The van der Waals surface area contributed by atoms with Crippen LogP contribution in [0.2, 0.25) is 0 Å². The summed E-state index contributed by atoms with van der Waals surface area (Å²) in [5.41, 5.74) is 2.65. The quantitative estimate of drug-likeness (QED) is 0.741. The zero-order chi connectivity index (χ0) is 12.7. The van der Waals surface area contributed by atoms with Crippen molar-refractivity contribution in [2.75, 3.05) is 6.61 Å². The lowest BCUT2D eigenvalue weighted by Gasteiger charge is -2.09. The Balaban J connectivity index is 2.09. The van der Waals surface area contributed by atoms with Gasteiger partial charge in [0.05, 0.1) is 17.6 Å². The van der Waals surface area contributed by atoms with Gasteiger partial charge in [-0.2, -0.15) is 0 Å². The van der Waals surface area contributed by atoms with Crippen LogP contribution in [0, 0.1) is 0 Å². The normalized spacial score (nSPS) is 17.1. The summed E-state index contributed by atoms with van der Waals surface area (Å²) in [6.07, 6.45) is 1.72. The number of carbonyl (C=O) groups excluding carboxylic acids is 1. The molecule has 3 rings (SSSR count). The largest absolute Gasteiger partial charge is 0.465 e. The van der Waals surface area contributed by atoms with Crippen molar-refractivity contribution in [3.05, 3.63) is 40.3 Å². The third kappa shape index (κ3) is 1.59. The molecule has 0 saturated carbocycles. The monoisotopic (exact) mass is 244 g/mol. The topological polar surface area (TPSA) is 61.2 Å². The van der Waals surface area contributed by atoms with E-state index in [0.717, 1.165) is 16.6 Å². The Hall–Kier alpha value is -2.17. The Bertz CT molecular complexity index is 690. The van der Waals surface area contributed by atoms with Crippen LogP contribution in [0.5, 0.6) is 0 Å². The predicted molar refractivity (Wildman–Crippen MR) is 65.4 cm³/mol. The zero-order valence-electron chi connectivity index (χ0n) is 9.92. The van der Waals surface area contributed by atoms with Crippen molar-refractivity contribution in [3.63, 3.8) is 0 Å². The third-order valence-electron chi connectivity index (χ3n) is 3.23. The summed E-state index contributed by atoms with van der Waals surface area (Å²) in [7, 11) is 0. The Morgan fingerprint density at radius 3 is 3.11 bits per heavy atom. The molecule has 0 N–H and O–H groups in total. The minimum Gasteiger partial charge on any atom is -0.465 e. The number of ether oxygens (including phenoxy) is 1. The molecule has 0 aromatic carbocycles. The van der Waals surface area contributed by atoms with Crippen LogP contribution in [0.3, 0.4) is 0 Å². The fourth-order valence-electron chi connectivity index (χ4n) is 2.44. The summed E-state index contributed by atoms with van der Waals surface area (Å²) in [5, 5.41) is 0. The SMILES string of the molecule is CC(=O)OC[C@@H]1Cn2c(=O)ccc3nccc1c32. The molecule has 0 bridgehead atoms. The minimum absolute atomic E-state index is 0.0366. The molecule has 2 aromatic rings. The van der Waals surface area contributed by atoms with Crippen LogP contribution in [0.15, 0.2) is 29.2 Å². The Kier molecular flexibility index (Phi) is 2.40. The molecule has 0 radical (unpaired) electrons. The van der Waals surface area contributed by atoms with E-state index in [1.54, 1.807) is 16.8 Å². The average Bonchev–Trinajstić information content (AvgIpc) is 2.73. The van der Waals surface area contributed by atoms with Gasteiger partial charge in [-0.05, 0) is 17.7 Å². The second-order valence-electron chi connectivity index (χ2n) is 4.42. The lowest BCUT2D eigenvalue weighted by atomic mass is 10.0. The van der Waals surface area contributed by atoms with Crippen molar-refractivity contribution in [2.45, 2.75) is 19.4 Å². The van der Waals surface area contributed by atoms with Gasteiger partial charge in [-0.15, -0.1) is 0 Å². The van der Waals surface area contributed by atoms with E-state index in [-0.39, 0.29) is 17.4 Å². The molecule has 18 heavy (non-hydrogen) atoms. The van der Waals surface area contributed by atoms with Crippen molar-refractivity contribution in [1.82, 2.24) is 9.55 Å². The number of carbonyl (C=O) groups is 1. The summed E-state index contributed by atoms with van der Waals surface area (Å²) < 4.78 is 6.75. The highest BCUT2D eigenvalue weighted by atomic mass is 16.5. The highest BCUT2D eigenvalue weighted by molar-refractivity contribution is 5.80. The van der Waals surface area contributed by atoms with E-state index in [2.05, 4.69) is 4.98 Å². The number of esters is 1. The van der Waals surface area contributed by atoms with Crippen LogP contribution in [0.25, 0.3) is 11.0 Å². The predicted octanol–water partition coefficient (Wildman–Crippen LogP) is 1.06. The number of rotatable bonds is 2. The van der Waals surface area contributed by atoms with Gasteiger partial charge in [0.1, 0.15) is 0 Å². The van der Waals surface area contributed by atoms with Gasteiger partial charge < -0.3 is 9.30 Å². The molecule has 0 aliphatic carbocycles. The van der Waals surface area contributed by atoms with Gasteiger partial charge in [-0.3, -0.25) is 14.6 Å². The van der Waals surface area contributed by atoms with Gasteiger partial charge in [0.25, 0.3) is 5.56 Å². The van der Waals surface area contributed by atoms with Crippen molar-refractivity contribution in [2.24, 2.45) is 0 Å². The maximum atomic E-state index is 11.8. The van der Waals surface area contributed by atoms with Gasteiger partial charge in [0, 0.05) is 31.6 Å². The summed E-state index contributed by atoms with van der Waals surface area (Å²) in [6.45, 7) is 2.23. The second kappa shape index (κ2) is 3.94. The number of hydrogen-bond donors (Lipinski definition) is 0. The van der Waals surface area contributed by atoms with E-state index in [0.29, 0.717) is 13.2 Å². The molecular formula is C13H12N2O3. The maximum absolute atomic E-state index is 11.8. The van der Waals surface area contributed by atoms with Gasteiger partial charge in [0.15, 0.2) is 0 Å². The van der Waals surface area contributed by atoms with E-state index in [1.165, 1.54) is 13.0 Å². The Morgan fingerprint density at radius 1 is 1.50 bits per heavy atom. The summed E-state index contributed by atoms with van der Waals surface area (Å²) in [4.78, 5) is 26.9. The van der Waals surface area contributed by atoms with Crippen LogP contribution in [0.1, 0.15) is 18.4 Å². The van der Waals surface area contributed by atoms with Crippen LogP contribution >= 0.6 is 0 Å². The van der Waals surface area contributed by atoms with E-state index in [4.69, 9.17) is 4.74 Å². The molecule has 3 heterocycles. The van der Waals surface area contributed by atoms with Crippen molar-refractivity contribution >= 4 is 17.0 Å². The molecule has 0 unspecified atom stereocenters. The second-order valence-corrected chi connectivity index (χ2v) is 4.42. The first kappa shape index (κ1) is 11.0. The molecular weight excluding hydrogens is 232 g/mol. The number of hydrogen-bond acceptors (Lipinski definition) is 4. The highest BCUT2D eigenvalue weighted by Gasteiger charge is 2.26. The van der Waals surface area contributed by atoms with Crippen molar-refractivity contribution < 1.29 is 9.53 Å². The van der Waals surface area contributed by atoms with Gasteiger partial charge >= 0.3 is 5.97 Å². The Labute approximate surface area is 103 Å². The number of aromatic nitrogens is 2. The lowest BCUT2D eigenvalue weighted by Crippen LogP contribution is -2.19. The van der Waals surface area contributed by atoms with E-state index >= 15 is 0 Å². The minimum atomic E-state index is -0.302. The molecule has 0 amide bonds. The highest BCUT2D eigenvalue weighted by Crippen LogP contribution is 2.31. The smallest absolute Gasteiger partial charge is 0.302 e. The first-order valence-electron chi connectivity index (χ1n) is 5.78. The van der Waals surface area contributed by atoms with Gasteiger partial charge in [0.2, 0.25) is 0 Å². The average molecular weight is 244 g/mol. The Morgan fingerprint density at radius 2 is 2.33 bits per heavy atom. The molecule has 0 saturated heterocycles. The lowest BCUT2D eigenvalue weighted by molar-refractivity contribution is -0.141. The molecule has 1 aliphatic rings. The number of nitrogens with zero attached hydrogens (tertiary/aromatic N) is 2. The van der Waals surface area contributed by atoms with E-state index in [9.17, 15) is 9.59 Å². The molecule has 1 aliphatic heterocycles. The molecule has 5 nitrogen and oxygen atoms in total. The summed E-state index contributed by atoms with van der Waals surface area (Å²) >= 11 is 0. The van der Waals surface area contributed by atoms with Crippen molar-refractivity contribution in [1.29, 1.82) is 0 Å². The first-order chi connectivity index (χ1) is 8.66. The molecule has 1 atom stereocenters. The third-order valence-corrected chi connectivity index (χ3v) is 3.23. The fraction of sp³-hybridized carbons (Fsp3) is 0.308. The molecule has 92 valence electrons. The van der Waals surface area contributed by atoms with E-state index in [1.807, 2.05) is 6.07 Å². The molecule has 2 aromatic heterocycles. The molecule has 0 spiro atoms. The van der Waals surface area contributed by atoms with Crippen LogP contribution in [0.4, 0.5) is 0 Å². The number of pyridine rings is 2. The summed E-state index contributed by atoms with van der Waals surface area (Å²) in [5.74, 6) is -0.266. The van der Waals surface area contributed by atoms with Gasteiger partial charge in [-0.25, -0.2) is 0 Å². The zero-order valence-corrected chi connectivity index (χ0v) is 9.92. The van der Waals surface area contributed by atoms with Crippen LogP contribution in [-0.2, 0) is 16.1 Å². The van der Waals surface area contributed by atoms with Crippen molar-refractivity contribution in [3.8, 4) is 0 Å².